The average molecular weight is 292 g/mol. The number of hydrogen-bond acceptors (Lipinski definition) is 5. The Labute approximate surface area is 110 Å². The van der Waals surface area contributed by atoms with Crippen LogP contribution < -0.4 is 4.72 Å². The number of aliphatic carboxylic acids is 1. The first-order chi connectivity index (χ1) is 8.41. The standard InChI is InChI=1S/C10H16N2O4S2/c1-8(10-11-4-5-17-10)7-12-18(15,16)6-2-3-9(13)14/h4-5,8,12H,2-3,6-7H2,1H3,(H,13,14). The molecule has 2 N–H and O–H groups in total. The Morgan fingerprint density at radius 2 is 2.33 bits per heavy atom. The van der Waals surface area contributed by atoms with E-state index in [1.165, 1.54) is 11.3 Å². The summed E-state index contributed by atoms with van der Waals surface area (Å²) in [6, 6.07) is 0. The number of hydrogen-bond donors (Lipinski definition) is 2. The molecule has 1 heterocycles. The van der Waals surface area contributed by atoms with E-state index in [1.54, 1.807) is 6.20 Å². The second kappa shape index (κ2) is 6.81. The van der Waals surface area contributed by atoms with Gasteiger partial charge in [-0.15, -0.1) is 11.3 Å². The van der Waals surface area contributed by atoms with Crippen molar-refractivity contribution >= 4 is 27.3 Å². The number of sulfonamides is 1. The molecule has 0 saturated carbocycles. The molecule has 0 bridgehead atoms. The third kappa shape index (κ3) is 5.56. The molecule has 1 unspecified atom stereocenters. The Morgan fingerprint density at radius 1 is 1.61 bits per heavy atom. The fraction of sp³-hybridized carbons (Fsp3) is 0.600. The van der Waals surface area contributed by atoms with Gasteiger partial charge in [0, 0.05) is 30.5 Å². The van der Waals surface area contributed by atoms with Crippen molar-refractivity contribution in [1.29, 1.82) is 0 Å². The SMILES string of the molecule is CC(CNS(=O)(=O)CCCC(=O)O)c1nccs1. The van der Waals surface area contributed by atoms with E-state index < -0.39 is 16.0 Å². The maximum absolute atomic E-state index is 11.6. The minimum Gasteiger partial charge on any atom is -0.481 e. The minimum absolute atomic E-state index is 0.0132. The number of carbonyl (C=O) groups is 1. The summed E-state index contributed by atoms with van der Waals surface area (Å²) in [6.45, 7) is 2.17. The van der Waals surface area contributed by atoms with Gasteiger partial charge >= 0.3 is 5.97 Å². The van der Waals surface area contributed by atoms with Gasteiger partial charge in [0.1, 0.15) is 0 Å². The quantitative estimate of drug-likeness (QED) is 0.746. The highest BCUT2D eigenvalue weighted by molar-refractivity contribution is 7.89. The Kier molecular flexibility index (Phi) is 5.70. The summed E-state index contributed by atoms with van der Waals surface area (Å²) >= 11 is 1.48. The molecule has 102 valence electrons. The van der Waals surface area contributed by atoms with E-state index in [9.17, 15) is 13.2 Å². The molecular formula is C10H16N2O4S2. The van der Waals surface area contributed by atoms with Gasteiger partial charge in [-0.1, -0.05) is 6.92 Å². The molecule has 0 aliphatic rings. The third-order valence-electron chi connectivity index (χ3n) is 2.29. The molecule has 0 aromatic carbocycles. The van der Waals surface area contributed by atoms with Crippen molar-refractivity contribution in [3.63, 3.8) is 0 Å². The first-order valence-electron chi connectivity index (χ1n) is 5.49. The van der Waals surface area contributed by atoms with E-state index in [2.05, 4.69) is 9.71 Å². The highest BCUT2D eigenvalue weighted by atomic mass is 32.2. The summed E-state index contributed by atoms with van der Waals surface area (Å²) in [7, 11) is -3.40. The monoisotopic (exact) mass is 292 g/mol. The Morgan fingerprint density at radius 3 is 2.89 bits per heavy atom. The second-order valence-corrected chi connectivity index (χ2v) is 6.79. The lowest BCUT2D eigenvalue weighted by Crippen LogP contribution is -2.30. The van der Waals surface area contributed by atoms with Gasteiger partial charge in [-0.3, -0.25) is 4.79 Å². The number of aromatic nitrogens is 1. The van der Waals surface area contributed by atoms with Crippen LogP contribution >= 0.6 is 11.3 Å². The van der Waals surface area contributed by atoms with Crippen LogP contribution in [0, 0.1) is 0 Å². The topological polar surface area (TPSA) is 96.4 Å². The van der Waals surface area contributed by atoms with Gasteiger partial charge in [-0.25, -0.2) is 18.1 Å². The number of thiazole rings is 1. The number of nitrogens with one attached hydrogen (secondary N) is 1. The number of carboxylic acid groups (broad SMARTS) is 1. The normalized spacial score (nSPS) is 13.4. The summed E-state index contributed by atoms with van der Waals surface area (Å²) < 4.78 is 25.6. The lowest BCUT2D eigenvalue weighted by molar-refractivity contribution is -0.137. The fourth-order valence-corrected chi connectivity index (χ4v) is 3.17. The molecule has 0 spiro atoms. The van der Waals surface area contributed by atoms with Crippen LogP contribution in [0.1, 0.15) is 30.7 Å². The predicted molar refractivity (Wildman–Crippen MR) is 69.2 cm³/mol. The van der Waals surface area contributed by atoms with Gasteiger partial charge in [0.25, 0.3) is 0 Å². The zero-order chi connectivity index (χ0) is 13.6. The molecule has 0 amide bonds. The van der Waals surface area contributed by atoms with Crippen LogP contribution in [0.3, 0.4) is 0 Å². The van der Waals surface area contributed by atoms with Crippen LogP contribution in [0.15, 0.2) is 11.6 Å². The molecule has 6 nitrogen and oxygen atoms in total. The van der Waals surface area contributed by atoms with Crippen LogP contribution in [0.2, 0.25) is 0 Å². The molecule has 0 aliphatic heterocycles. The van der Waals surface area contributed by atoms with Gasteiger partial charge in [-0.05, 0) is 6.42 Å². The predicted octanol–water partition coefficient (Wildman–Crippen LogP) is 1.03. The van der Waals surface area contributed by atoms with Crippen LogP contribution in [0.5, 0.6) is 0 Å². The Balaban J connectivity index is 2.35. The molecule has 0 saturated heterocycles. The molecule has 0 radical (unpaired) electrons. The minimum atomic E-state index is -3.40. The lowest BCUT2D eigenvalue weighted by atomic mass is 10.2. The van der Waals surface area contributed by atoms with E-state index in [0.717, 1.165) is 5.01 Å². The van der Waals surface area contributed by atoms with Gasteiger partial charge in [0.2, 0.25) is 10.0 Å². The molecule has 18 heavy (non-hydrogen) atoms. The largest absolute Gasteiger partial charge is 0.481 e. The molecular weight excluding hydrogens is 276 g/mol. The molecule has 1 aromatic rings. The van der Waals surface area contributed by atoms with E-state index in [0.29, 0.717) is 0 Å². The number of nitrogens with zero attached hydrogens (tertiary/aromatic N) is 1. The van der Waals surface area contributed by atoms with Gasteiger partial charge in [0.05, 0.1) is 10.8 Å². The van der Waals surface area contributed by atoms with E-state index in [4.69, 9.17) is 5.11 Å². The van der Waals surface area contributed by atoms with Crippen molar-refractivity contribution in [3.8, 4) is 0 Å². The molecule has 1 aromatic heterocycles. The van der Waals surface area contributed by atoms with Gasteiger partial charge in [0.15, 0.2) is 0 Å². The smallest absolute Gasteiger partial charge is 0.303 e. The summed E-state index contributed by atoms with van der Waals surface area (Å²) in [4.78, 5) is 14.4. The van der Waals surface area contributed by atoms with Gasteiger partial charge < -0.3 is 5.11 Å². The number of carboxylic acids is 1. The number of rotatable bonds is 8. The zero-order valence-electron chi connectivity index (χ0n) is 10.00. The highest BCUT2D eigenvalue weighted by Crippen LogP contribution is 2.16. The first-order valence-corrected chi connectivity index (χ1v) is 8.02. The van der Waals surface area contributed by atoms with Crippen molar-refractivity contribution in [2.45, 2.75) is 25.7 Å². The lowest BCUT2D eigenvalue weighted by Gasteiger charge is -2.10. The average Bonchev–Trinajstić information content (AvgIpc) is 2.78. The van der Waals surface area contributed by atoms with E-state index in [-0.39, 0.29) is 31.1 Å². The highest BCUT2D eigenvalue weighted by Gasteiger charge is 2.14. The summed E-state index contributed by atoms with van der Waals surface area (Å²) in [5.41, 5.74) is 0. The second-order valence-electron chi connectivity index (χ2n) is 3.94. The molecule has 0 fully saturated rings. The maximum atomic E-state index is 11.6. The van der Waals surface area contributed by atoms with E-state index in [1.807, 2.05) is 12.3 Å². The summed E-state index contributed by atoms with van der Waals surface area (Å²) in [5, 5.41) is 11.1. The molecule has 8 heteroatoms. The van der Waals surface area contributed by atoms with Crippen molar-refractivity contribution in [1.82, 2.24) is 9.71 Å². The van der Waals surface area contributed by atoms with Crippen molar-refractivity contribution in [2.24, 2.45) is 0 Å². The zero-order valence-corrected chi connectivity index (χ0v) is 11.6. The summed E-state index contributed by atoms with van der Waals surface area (Å²) in [6.07, 6.45) is 1.66. The van der Waals surface area contributed by atoms with Crippen LogP contribution in [-0.2, 0) is 14.8 Å². The molecule has 0 aliphatic carbocycles. The molecule has 1 rings (SSSR count). The van der Waals surface area contributed by atoms with E-state index >= 15 is 0 Å². The van der Waals surface area contributed by atoms with Gasteiger partial charge in [-0.2, -0.15) is 0 Å². The fourth-order valence-electron chi connectivity index (χ4n) is 1.30. The Bertz CT molecular complexity index is 470. The van der Waals surface area contributed by atoms with Crippen molar-refractivity contribution < 1.29 is 18.3 Å². The van der Waals surface area contributed by atoms with Crippen molar-refractivity contribution in [3.05, 3.63) is 16.6 Å². The van der Waals surface area contributed by atoms with Crippen LogP contribution in [-0.4, -0.2) is 36.8 Å². The Hall–Kier alpha value is -0.990. The maximum Gasteiger partial charge on any atom is 0.303 e. The van der Waals surface area contributed by atoms with Crippen LogP contribution in [0.25, 0.3) is 0 Å². The molecule has 1 atom stereocenters. The summed E-state index contributed by atoms with van der Waals surface area (Å²) in [5.74, 6) is -1.13. The van der Waals surface area contributed by atoms with Crippen LogP contribution in [0.4, 0.5) is 0 Å². The third-order valence-corrected chi connectivity index (χ3v) is 4.73. The van der Waals surface area contributed by atoms with Crippen molar-refractivity contribution in [2.75, 3.05) is 12.3 Å². The first kappa shape index (κ1) is 15.1.